The Hall–Kier alpha value is -1.99. The van der Waals surface area contributed by atoms with E-state index in [1.165, 1.54) is 6.21 Å². The van der Waals surface area contributed by atoms with Gasteiger partial charge < -0.3 is 9.15 Å². The average Bonchev–Trinajstić information content (AvgIpc) is 3.12. The molecule has 1 aromatic heterocycles. The first-order chi connectivity index (χ1) is 13.4. The molecular weight excluding hydrogens is 490 g/mol. The van der Waals surface area contributed by atoms with Gasteiger partial charge in [-0.1, -0.05) is 34.8 Å². The van der Waals surface area contributed by atoms with Crippen molar-refractivity contribution in [3.63, 3.8) is 0 Å². The highest BCUT2D eigenvalue weighted by atomic mass is 79.9. The summed E-state index contributed by atoms with van der Waals surface area (Å²) in [4.78, 5) is 11.8. The van der Waals surface area contributed by atoms with Gasteiger partial charge in [-0.2, -0.15) is 5.10 Å². The van der Waals surface area contributed by atoms with E-state index in [-0.39, 0.29) is 6.61 Å². The molecule has 9 heteroatoms. The molecule has 0 fully saturated rings. The van der Waals surface area contributed by atoms with Crippen LogP contribution in [0.3, 0.4) is 0 Å². The molecule has 0 aliphatic carbocycles. The fraction of sp³-hybridized carbons (Fsp3) is 0.0526. The van der Waals surface area contributed by atoms with Crippen molar-refractivity contribution in [2.24, 2.45) is 5.10 Å². The quantitative estimate of drug-likeness (QED) is 0.323. The van der Waals surface area contributed by atoms with E-state index < -0.39 is 5.91 Å². The van der Waals surface area contributed by atoms with Gasteiger partial charge in [-0.25, -0.2) is 5.43 Å². The lowest BCUT2D eigenvalue weighted by Crippen LogP contribution is -2.24. The fourth-order valence-electron chi connectivity index (χ4n) is 2.16. The van der Waals surface area contributed by atoms with Gasteiger partial charge in [0.1, 0.15) is 17.3 Å². The first-order valence-corrected chi connectivity index (χ1v) is 9.80. The fourth-order valence-corrected chi connectivity index (χ4v) is 3.26. The van der Waals surface area contributed by atoms with Crippen molar-refractivity contribution in [1.82, 2.24) is 5.43 Å². The molecule has 0 aliphatic rings. The van der Waals surface area contributed by atoms with E-state index in [4.69, 9.17) is 44.0 Å². The van der Waals surface area contributed by atoms with Crippen molar-refractivity contribution in [3.8, 4) is 17.1 Å². The molecular formula is C19H12BrCl3N2O3. The van der Waals surface area contributed by atoms with E-state index in [9.17, 15) is 4.79 Å². The molecule has 2 aromatic carbocycles. The van der Waals surface area contributed by atoms with E-state index in [1.807, 2.05) is 0 Å². The molecule has 3 aromatic rings. The highest BCUT2D eigenvalue weighted by Gasteiger charge is 2.07. The summed E-state index contributed by atoms with van der Waals surface area (Å²) in [5.41, 5.74) is 3.14. The van der Waals surface area contributed by atoms with Crippen LogP contribution in [0.15, 0.2) is 62.5 Å². The predicted molar refractivity (Wildman–Crippen MR) is 115 cm³/mol. The Kier molecular flexibility index (Phi) is 7.02. The summed E-state index contributed by atoms with van der Waals surface area (Å²) in [5, 5.41) is 5.32. The number of hydrazone groups is 1. The number of furan rings is 1. The molecule has 1 heterocycles. The maximum atomic E-state index is 11.8. The number of carbonyl (C=O) groups is 1. The van der Waals surface area contributed by atoms with Gasteiger partial charge in [0, 0.05) is 10.6 Å². The molecule has 1 amide bonds. The highest BCUT2D eigenvalue weighted by Crippen LogP contribution is 2.29. The van der Waals surface area contributed by atoms with Gasteiger partial charge in [0.2, 0.25) is 0 Å². The largest absolute Gasteiger partial charge is 0.483 e. The third-order valence-electron chi connectivity index (χ3n) is 3.46. The van der Waals surface area contributed by atoms with Crippen LogP contribution in [0, 0.1) is 0 Å². The molecule has 0 saturated carbocycles. The molecule has 0 radical (unpaired) electrons. The highest BCUT2D eigenvalue weighted by molar-refractivity contribution is 9.10. The van der Waals surface area contributed by atoms with Crippen LogP contribution in [0.2, 0.25) is 15.1 Å². The molecule has 144 valence electrons. The van der Waals surface area contributed by atoms with Crippen LogP contribution < -0.4 is 10.2 Å². The Balaban J connectivity index is 1.53. The maximum absolute atomic E-state index is 11.8. The molecule has 0 unspecified atom stereocenters. The second kappa shape index (κ2) is 9.47. The minimum atomic E-state index is -0.422. The van der Waals surface area contributed by atoms with Crippen LogP contribution in [-0.2, 0) is 4.79 Å². The molecule has 0 aliphatic heterocycles. The molecule has 3 rings (SSSR count). The van der Waals surface area contributed by atoms with E-state index in [2.05, 4.69) is 26.5 Å². The number of carbonyl (C=O) groups excluding carboxylic acids is 1. The second-order valence-corrected chi connectivity index (χ2v) is 7.59. The zero-order valence-electron chi connectivity index (χ0n) is 14.1. The lowest BCUT2D eigenvalue weighted by atomic mass is 10.2. The Morgan fingerprint density at radius 3 is 2.68 bits per heavy atom. The number of hydrogen-bond acceptors (Lipinski definition) is 4. The molecule has 0 bridgehead atoms. The minimum absolute atomic E-state index is 0.204. The van der Waals surface area contributed by atoms with Crippen molar-refractivity contribution < 1.29 is 13.9 Å². The van der Waals surface area contributed by atoms with Crippen LogP contribution in [0.5, 0.6) is 5.75 Å². The number of rotatable bonds is 6. The van der Waals surface area contributed by atoms with E-state index in [0.29, 0.717) is 36.8 Å². The van der Waals surface area contributed by atoms with Crippen molar-refractivity contribution in [1.29, 1.82) is 0 Å². The number of hydrogen-bond donors (Lipinski definition) is 1. The number of ether oxygens (including phenoxy) is 1. The molecule has 0 saturated heterocycles. The van der Waals surface area contributed by atoms with Crippen LogP contribution >= 0.6 is 50.7 Å². The topological polar surface area (TPSA) is 63.8 Å². The van der Waals surface area contributed by atoms with Crippen molar-refractivity contribution in [2.45, 2.75) is 0 Å². The van der Waals surface area contributed by atoms with Gasteiger partial charge in [-0.05, 0) is 64.5 Å². The molecule has 0 spiro atoms. The zero-order valence-corrected chi connectivity index (χ0v) is 17.9. The summed E-state index contributed by atoms with van der Waals surface area (Å²) in [6.07, 6.45) is 1.39. The number of nitrogens with zero attached hydrogens (tertiary/aromatic N) is 1. The summed E-state index contributed by atoms with van der Waals surface area (Å²) < 4.78 is 11.7. The summed E-state index contributed by atoms with van der Waals surface area (Å²) >= 11 is 21.1. The SMILES string of the molecule is O=C(COc1ccc(Cl)cc1Br)NN=Cc1ccc(-c2ccc(Cl)c(Cl)c2)o1. The zero-order chi connectivity index (χ0) is 20.1. The minimum Gasteiger partial charge on any atom is -0.483 e. The van der Waals surface area contributed by atoms with Gasteiger partial charge in [-0.3, -0.25) is 4.79 Å². The van der Waals surface area contributed by atoms with E-state index >= 15 is 0 Å². The Bertz CT molecular complexity index is 1040. The monoisotopic (exact) mass is 500 g/mol. The normalized spacial score (nSPS) is 11.0. The number of benzene rings is 2. The first kappa shape index (κ1) is 20.7. The second-order valence-electron chi connectivity index (χ2n) is 5.49. The van der Waals surface area contributed by atoms with Crippen LogP contribution in [0.1, 0.15) is 5.76 Å². The molecule has 5 nitrogen and oxygen atoms in total. The number of nitrogens with one attached hydrogen (secondary N) is 1. The van der Waals surface area contributed by atoms with Crippen LogP contribution in [-0.4, -0.2) is 18.7 Å². The third kappa shape index (κ3) is 5.52. The van der Waals surface area contributed by atoms with Gasteiger partial charge in [0.05, 0.1) is 20.7 Å². The Labute approximate surface area is 184 Å². The van der Waals surface area contributed by atoms with E-state index in [1.54, 1.807) is 48.5 Å². The summed E-state index contributed by atoms with van der Waals surface area (Å²) in [7, 11) is 0. The first-order valence-electron chi connectivity index (χ1n) is 7.87. The lowest BCUT2D eigenvalue weighted by Gasteiger charge is -2.07. The number of amides is 1. The van der Waals surface area contributed by atoms with Crippen molar-refractivity contribution >= 4 is 62.9 Å². The molecule has 28 heavy (non-hydrogen) atoms. The van der Waals surface area contributed by atoms with Gasteiger partial charge in [0.15, 0.2) is 6.61 Å². The van der Waals surface area contributed by atoms with E-state index in [0.717, 1.165) is 5.56 Å². The summed E-state index contributed by atoms with van der Waals surface area (Å²) in [6, 6.07) is 13.7. The Morgan fingerprint density at radius 2 is 1.93 bits per heavy atom. The van der Waals surface area contributed by atoms with Gasteiger partial charge in [0.25, 0.3) is 5.91 Å². The molecule has 0 atom stereocenters. The van der Waals surface area contributed by atoms with Crippen LogP contribution in [0.25, 0.3) is 11.3 Å². The van der Waals surface area contributed by atoms with Crippen molar-refractivity contribution in [2.75, 3.05) is 6.61 Å². The van der Waals surface area contributed by atoms with Crippen LogP contribution in [0.4, 0.5) is 0 Å². The smallest absolute Gasteiger partial charge is 0.277 e. The maximum Gasteiger partial charge on any atom is 0.277 e. The van der Waals surface area contributed by atoms with Gasteiger partial charge in [-0.15, -0.1) is 0 Å². The number of halogens is 4. The van der Waals surface area contributed by atoms with Gasteiger partial charge >= 0.3 is 0 Å². The summed E-state index contributed by atoms with van der Waals surface area (Å²) in [6.45, 7) is -0.204. The summed E-state index contributed by atoms with van der Waals surface area (Å²) in [5.74, 6) is 1.14. The van der Waals surface area contributed by atoms with Crippen molar-refractivity contribution in [3.05, 3.63) is 73.8 Å². The predicted octanol–water partition coefficient (Wildman–Crippen LogP) is 6.20. The molecule has 1 N–H and O–H groups in total. The Morgan fingerprint density at radius 1 is 1.11 bits per heavy atom. The standard InChI is InChI=1S/C19H12BrCl3N2O3/c20-14-8-12(21)2-5-18(14)27-10-19(26)25-24-9-13-3-6-17(28-13)11-1-4-15(22)16(23)7-11/h1-9H,10H2,(H,25,26). The average molecular weight is 503 g/mol. The lowest BCUT2D eigenvalue weighted by molar-refractivity contribution is -0.123. The third-order valence-corrected chi connectivity index (χ3v) is 5.06.